The van der Waals surface area contributed by atoms with Crippen molar-refractivity contribution in [3.8, 4) is 0 Å². The lowest BCUT2D eigenvalue weighted by Gasteiger charge is -2.13. The number of aromatic nitrogens is 1. The van der Waals surface area contributed by atoms with Gasteiger partial charge in [0.15, 0.2) is 0 Å². The van der Waals surface area contributed by atoms with Gasteiger partial charge in [-0.2, -0.15) is 0 Å². The highest BCUT2D eigenvalue weighted by Gasteiger charge is 2.07. The van der Waals surface area contributed by atoms with Gasteiger partial charge < -0.3 is 5.73 Å². The number of nitrogens with zero attached hydrogens (tertiary/aromatic N) is 1. The van der Waals surface area contributed by atoms with Crippen LogP contribution in [0.4, 0.5) is 0 Å². The molecule has 0 aliphatic rings. The number of hydrogen-bond donors (Lipinski definition) is 1. The van der Waals surface area contributed by atoms with E-state index in [0.717, 1.165) is 17.9 Å². The standard InChI is InChI=1S/C16H22N2/c1-12(2)5-3-7-15(17)13-8-9-16-14(11-13)6-4-10-18-16/h4,6,8-12,15H,3,5,7,17H2,1-2H3. The summed E-state index contributed by atoms with van der Waals surface area (Å²) in [6, 6.07) is 10.5. The Hall–Kier alpha value is -1.41. The Morgan fingerprint density at radius 2 is 2.00 bits per heavy atom. The third kappa shape index (κ3) is 3.30. The third-order valence-corrected chi connectivity index (χ3v) is 3.35. The smallest absolute Gasteiger partial charge is 0.0702 e. The summed E-state index contributed by atoms with van der Waals surface area (Å²) in [6.07, 6.45) is 5.33. The average molecular weight is 242 g/mol. The fraction of sp³-hybridized carbons (Fsp3) is 0.438. The van der Waals surface area contributed by atoms with Crippen LogP contribution in [0, 0.1) is 5.92 Å². The Morgan fingerprint density at radius 1 is 1.17 bits per heavy atom. The molecule has 0 radical (unpaired) electrons. The van der Waals surface area contributed by atoms with Crippen molar-refractivity contribution in [3.63, 3.8) is 0 Å². The minimum atomic E-state index is 0.147. The first kappa shape index (κ1) is 13.0. The second-order valence-corrected chi connectivity index (χ2v) is 5.39. The molecule has 1 unspecified atom stereocenters. The molecule has 2 heteroatoms. The van der Waals surface area contributed by atoms with E-state index in [9.17, 15) is 0 Å². The zero-order valence-electron chi connectivity index (χ0n) is 11.3. The van der Waals surface area contributed by atoms with Gasteiger partial charge in [0.2, 0.25) is 0 Å². The van der Waals surface area contributed by atoms with Crippen LogP contribution < -0.4 is 5.73 Å². The molecule has 18 heavy (non-hydrogen) atoms. The van der Waals surface area contributed by atoms with Crippen LogP contribution >= 0.6 is 0 Å². The fourth-order valence-electron chi connectivity index (χ4n) is 2.24. The van der Waals surface area contributed by atoms with Gasteiger partial charge in [0.1, 0.15) is 0 Å². The minimum absolute atomic E-state index is 0.147. The van der Waals surface area contributed by atoms with Crippen LogP contribution in [-0.4, -0.2) is 4.98 Å². The van der Waals surface area contributed by atoms with Gasteiger partial charge >= 0.3 is 0 Å². The van der Waals surface area contributed by atoms with E-state index in [1.165, 1.54) is 23.8 Å². The highest BCUT2D eigenvalue weighted by Crippen LogP contribution is 2.22. The Kier molecular flexibility index (Phi) is 4.32. The molecule has 1 aromatic heterocycles. The van der Waals surface area contributed by atoms with Crippen molar-refractivity contribution >= 4 is 10.9 Å². The van der Waals surface area contributed by atoms with E-state index in [4.69, 9.17) is 5.73 Å². The Labute approximate surface area is 109 Å². The zero-order chi connectivity index (χ0) is 13.0. The highest BCUT2D eigenvalue weighted by atomic mass is 14.7. The summed E-state index contributed by atoms with van der Waals surface area (Å²) >= 11 is 0. The largest absolute Gasteiger partial charge is 0.324 e. The maximum atomic E-state index is 6.25. The molecule has 0 fully saturated rings. The first-order valence-electron chi connectivity index (χ1n) is 6.77. The quantitative estimate of drug-likeness (QED) is 0.858. The van der Waals surface area contributed by atoms with Gasteiger partial charge in [-0.3, -0.25) is 4.98 Å². The van der Waals surface area contributed by atoms with Crippen molar-refractivity contribution in [1.29, 1.82) is 0 Å². The fourth-order valence-corrected chi connectivity index (χ4v) is 2.24. The summed E-state index contributed by atoms with van der Waals surface area (Å²) in [5, 5.41) is 1.18. The SMILES string of the molecule is CC(C)CCCC(N)c1ccc2ncccc2c1. The lowest BCUT2D eigenvalue weighted by atomic mass is 9.98. The van der Waals surface area contributed by atoms with Crippen LogP contribution in [0.5, 0.6) is 0 Å². The van der Waals surface area contributed by atoms with Crippen molar-refractivity contribution in [3.05, 3.63) is 42.1 Å². The first-order chi connectivity index (χ1) is 8.66. The number of benzene rings is 1. The molecular weight excluding hydrogens is 220 g/mol. The predicted octanol–water partition coefficient (Wildman–Crippen LogP) is 4.06. The second kappa shape index (κ2) is 5.96. The van der Waals surface area contributed by atoms with Crippen LogP contribution in [0.15, 0.2) is 36.5 Å². The number of hydrogen-bond acceptors (Lipinski definition) is 2. The van der Waals surface area contributed by atoms with E-state index in [0.29, 0.717) is 0 Å². The molecule has 96 valence electrons. The topological polar surface area (TPSA) is 38.9 Å². The molecule has 0 bridgehead atoms. The van der Waals surface area contributed by atoms with Crippen LogP contribution in [0.3, 0.4) is 0 Å². The van der Waals surface area contributed by atoms with Crippen molar-refractivity contribution in [2.45, 2.75) is 39.2 Å². The lowest BCUT2D eigenvalue weighted by Crippen LogP contribution is -2.10. The van der Waals surface area contributed by atoms with Crippen molar-refractivity contribution in [2.75, 3.05) is 0 Å². The Morgan fingerprint density at radius 3 is 2.78 bits per heavy atom. The maximum Gasteiger partial charge on any atom is 0.0702 e. The number of fused-ring (bicyclic) bond motifs is 1. The Balaban J connectivity index is 2.06. The molecule has 2 aromatic rings. The molecule has 1 heterocycles. The molecule has 1 atom stereocenters. The average Bonchev–Trinajstić information content (AvgIpc) is 2.37. The normalized spacial score (nSPS) is 13.1. The molecule has 0 saturated heterocycles. The van der Waals surface area contributed by atoms with Crippen LogP contribution in [0.2, 0.25) is 0 Å². The summed E-state index contributed by atoms with van der Waals surface area (Å²) in [7, 11) is 0. The Bertz CT molecular complexity index is 505. The van der Waals surface area contributed by atoms with Gasteiger partial charge in [-0.1, -0.05) is 38.8 Å². The van der Waals surface area contributed by atoms with E-state index in [-0.39, 0.29) is 6.04 Å². The molecule has 1 aromatic carbocycles. The molecule has 2 N–H and O–H groups in total. The highest BCUT2D eigenvalue weighted by molar-refractivity contribution is 5.79. The van der Waals surface area contributed by atoms with Gasteiger partial charge in [0.05, 0.1) is 5.52 Å². The maximum absolute atomic E-state index is 6.25. The van der Waals surface area contributed by atoms with Crippen LogP contribution in [0.25, 0.3) is 10.9 Å². The summed E-state index contributed by atoms with van der Waals surface area (Å²) in [5.41, 5.74) is 8.51. The molecule has 0 amide bonds. The monoisotopic (exact) mass is 242 g/mol. The predicted molar refractivity (Wildman–Crippen MR) is 77.4 cm³/mol. The minimum Gasteiger partial charge on any atom is -0.324 e. The van der Waals surface area contributed by atoms with Gasteiger partial charge in [0, 0.05) is 17.6 Å². The first-order valence-corrected chi connectivity index (χ1v) is 6.77. The molecule has 0 spiro atoms. The number of pyridine rings is 1. The molecular formula is C16H22N2. The van der Waals surface area contributed by atoms with Gasteiger partial charge in [-0.05, 0) is 36.1 Å². The number of rotatable bonds is 5. The lowest BCUT2D eigenvalue weighted by molar-refractivity contribution is 0.506. The van der Waals surface area contributed by atoms with E-state index in [2.05, 4.69) is 43.1 Å². The van der Waals surface area contributed by atoms with E-state index in [1.807, 2.05) is 12.3 Å². The zero-order valence-corrected chi connectivity index (χ0v) is 11.3. The molecule has 2 nitrogen and oxygen atoms in total. The molecule has 0 aliphatic heterocycles. The molecule has 0 saturated carbocycles. The van der Waals surface area contributed by atoms with Gasteiger partial charge in [0.25, 0.3) is 0 Å². The van der Waals surface area contributed by atoms with Crippen LogP contribution in [-0.2, 0) is 0 Å². The van der Waals surface area contributed by atoms with Crippen molar-refractivity contribution < 1.29 is 0 Å². The van der Waals surface area contributed by atoms with Crippen molar-refractivity contribution in [2.24, 2.45) is 11.7 Å². The van der Waals surface area contributed by atoms with Gasteiger partial charge in [-0.25, -0.2) is 0 Å². The van der Waals surface area contributed by atoms with E-state index >= 15 is 0 Å². The summed E-state index contributed by atoms with van der Waals surface area (Å²) < 4.78 is 0. The van der Waals surface area contributed by atoms with Crippen LogP contribution in [0.1, 0.15) is 44.7 Å². The third-order valence-electron chi connectivity index (χ3n) is 3.35. The molecule has 0 aliphatic carbocycles. The summed E-state index contributed by atoms with van der Waals surface area (Å²) in [5.74, 6) is 0.762. The summed E-state index contributed by atoms with van der Waals surface area (Å²) in [6.45, 7) is 4.51. The summed E-state index contributed by atoms with van der Waals surface area (Å²) in [4.78, 5) is 4.33. The number of nitrogens with two attached hydrogens (primary N) is 1. The van der Waals surface area contributed by atoms with E-state index in [1.54, 1.807) is 0 Å². The van der Waals surface area contributed by atoms with Crippen molar-refractivity contribution in [1.82, 2.24) is 4.98 Å². The molecule has 2 rings (SSSR count). The van der Waals surface area contributed by atoms with Gasteiger partial charge in [-0.15, -0.1) is 0 Å². The second-order valence-electron chi connectivity index (χ2n) is 5.39. The van der Waals surface area contributed by atoms with E-state index < -0.39 is 0 Å².